The number of amides is 3. The SMILES string of the molecule is O=C1NC(=O)/C(=C/c2cnn3c(NC4CC4)nc(N4CCCC4)nc23)N1. The molecule has 0 spiro atoms. The van der Waals surface area contributed by atoms with E-state index in [0.717, 1.165) is 38.8 Å². The molecule has 0 atom stereocenters. The van der Waals surface area contributed by atoms with E-state index in [4.69, 9.17) is 0 Å². The summed E-state index contributed by atoms with van der Waals surface area (Å²) in [6.07, 6.45) is 7.71. The number of imide groups is 1. The number of rotatable bonds is 4. The number of hydrogen-bond donors (Lipinski definition) is 3. The average molecular weight is 354 g/mol. The van der Waals surface area contributed by atoms with Gasteiger partial charge in [0.15, 0.2) is 5.65 Å². The maximum Gasteiger partial charge on any atom is 0.326 e. The van der Waals surface area contributed by atoms with Crippen LogP contribution < -0.4 is 20.9 Å². The number of nitrogens with one attached hydrogen (secondary N) is 3. The van der Waals surface area contributed by atoms with Crippen LogP contribution in [0.2, 0.25) is 0 Å². The summed E-state index contributed by atoms with van der Waals surface area (Å²) in [7, 11) is 0. The number of fused-ring (bicyclic) bond motifs is 1. The van der Waals surface area contributed by atoms with Crippen molar-refractivity contribution < 1.29 is 9.59 Å². The molecule has 26 heavy (non-hydrogen) atoms. The summed E-state index contributed by atoms with van der Waals surface area (Å²) in [5, 5.41) is 12.5. The first-order valence-corrected chi connectivity index (χ1v) is 8.79. The van der Waals surface area contributed by atoms with Crippen LogP contribution in [0.25, 0.3) is 11.7 Å². The van der Waals surface area contributed by atoms with Crippen LogP contribution in [0, 0.1) is 0 Å². The third kappa shape index (κ3) is 2.63. The second kappa shape index (κ2) is 5.68. The molecule has 2 saturated heterocycles. The number of anilines is 2. The molecule has 3 N–H and O–H groups in total. The van der Waals surface area contributed by atoms with Crippen LogP contribution in [0.3, 0.4) is 0 Å². The van der Waals surface area contributed by atoms with Crippen LogP contribution >= 0.6 is 0 Å². The maximum atomic E-state index is 11.8. The van der Waals surface area contributed by atoms with Crippen molar-refractivity contribution in [3.63, 3.8) is 0 Å². The molecule has 3 aliphatic rings. The van der Waals surface area contributed by atoms with Crippen LogP contribution in [0.1, 0.15) is 31.2 Å². The Balaban J connectivity index is 1.60. The number of aromatic nitrogens is 4. The molecule has 0 radical (unpaired) electrons. The molecule has 10 nitrogen and oxygen atoms in total. The van der Waals surface area contributed by atoms with E-state index in [0.29, 0.717) is 29.1 Å². The standard InChI is InChI=1S/C16H18N8O2/c25-13-11(19-16(26)21-13)7-9-8-17-24-12(9)20-14(23-5-1-2-6-23)22-15(24)18-10-3-4-10/h7-8,10H,1-6H2,(H,18,20,22)(H2,19,21,25,26)/b11-7-. The maximum absolute atomic E-state index is 11.8. The van der Waals surface area contributed by atoms with Gasteiger partial charge in [0.25, 0.3) is 5.91 Å². The van der Waals surface area contributed by atoms with Crippen molar-refractivity contribution in [1.82, 2.24) is 30.2 Å². The van der Waals surface area contributed by atoms with Crippen molar-refractivity contribution >= 4 is 35.6 Å². The molecule has 2 aromatic rings. The van der Waals surface area contributed by atoms with Gasteiger partial charge in [0.2, 0.25) is 11.9 Å². The molecule has 0 aromatic carbocycles. The summed E-state index contributed by atoms with van der Waals surface area (Å²) in [6.45, 7) is 1.87. The predicted molar refractivity (Wildman–Crippen MR) is 93.5 cm³/mol. The normalized spacial score (nSPS) is 21.5. The summed E-state index contributed by atoms with van der Waals surface area (Å²) < 4.78 is 1.65. The quantitative estimate of drug-likeness (QED) is 0.540. The summed E-state index contributed by atoms with van der Waals surface area (Å²) >= 11 is 0. The Morgan fingerprint density at radius 2 is 1.96 bits per heavy atom. The molecule has 1 saturated carbocycles. The molecule has 2 aromatic heterocycles. The molecule has 3 amide bonds. The zero-order valence-corrected chi connectivity index (χ0v) is 14.0. The topological polar surface area (TPSA) is 117 Å². The second-order valence-electron chi connectivity index (χ2n) is 6.76. The molecule has 1 aliphatic carbocycles. The number of hydrogen-bond acceptors (Lipinski definition) is 7. The van der Waals surface area contributed by atoms with Crippen LogP contribution in [0.15, 0.2) is 11.9 Å². The molecular formula is C16H18N8O2. The van der Waals surface area contributed by atoms with Crippen molar-refractivity contribution in [1.29, 1.82) is 0 Å². The lowest BCUT2D eigenvalue weighted by atomic mass is 10.2. The fraction of sp³-hybridized carbons (Fsp3) is 0.438. The van der Waals surface area contributed by atoms with Crippen molar-refractivity contribution in [3.8, 4) is 0 Å². The van der Waals surface area contributed by atoms with Crippen molar-refractivity contribution in [3.05, 3.63) is 17.5 Å². The van der Waals surface area contributed by atoms with Gasteiger partial charge in [-0.15, -0.1) is 0 Å². The monoisotopic (exact) mass is 354 g/mol. The first-order chi connectivity index (χ1) is 12.7. The van der Waals surface area contributed by atoms with Gasteiger partial charge in [-0.25, -0.2) is 4.79 Å². The van der Waals surface area contributed by atoms with E-state index in [2.05, 4.69) is 35.9 Å². The van der Waals surface area contributed by atoms with E-state index in [1.165, 1.54) is 0 Å². The molecule has 10 heteroatoms. The highest BCUT2D eigenvalue weighted by Crippen LogP contribution is 2.27. The van der Waals surface area contributed by atoms with Gasteiger partial charge in [0.05, 0.1) is 6.20 Å². The van der Waals surface area contributed by atoms with Crippen LogP contribution in [0.4, 0.5) is 16.7 Å². The van der Waals surface area contributed by atoms with Crippen molar-refractivity contribution in [2.75, 3.05) is 23.3 Å². The third-order valence-corrected chi connectivity index (χ3v) is 4.70. The zero-order valence-electron chi connectivity index (χ0n) is 14.0. The van der Waals surface area contributed by atoms with E-state index in [9.17, 15) is 9.59 Å². The highest BCUT2D eigenvalue weighted by atomic mass is 16.2. The lowest BCUT2D eigenvalue weighted by Crippen LogP contribution is -2.22. The van der Waals surface area contributed by atoms with Gasteiger partial charge in [-0.05, 0) is 31.8 Å². The largest absolute Gasteiger partial charge is 0.351 e. The Morgan fingerprint density at radius 1 is 1.15 bits per heavy atom. The molecular weight excluding hydrogens is 336 g/mol. The lowest BCUT2D eigenvalue weighted by Gasteiger charge is -2.17. The van der Waals surface area contributed by atoms with Crippen LogP contribution in [-0.4, -0.2) is 50.7 Å². The fourth-order valence-corrected chi connectivity index (χ4v) is 3.19. The van der Waals surface area contributed by atoms with E-state index < -0.39 is 11.9 Å². The summed E-state index contributed by atoms with van der Waals surface area (Å²) in [6, 6.07) is -0.105. The van der Waals surface area contributed by atoms with Gasteiger partial charge >= 0.3 is 6.03 Å². The third-order valence-electron chi connectivity index (χ3n) is 4.70. The number of urea groups is 1. The summed E-state index contributed by atoms with van der Waals surface area (Å²) in [4.78, 5) is 34.6. The minimum absolute atomic E-state index is 0.183. The first-order valence-electron chi connectivity index (χ1n) is 8.79. The van der Waals surface area contributed by atoms with Gasteiger partial charge in [0, 0.05) is 24.7 Å². The molecule has 2 aliphatic heterocycles. The first kappa shape index (κ1) is 15.1. The highest BCUT2D eigenvalue weighted by Gasteiger charge is 2.27. The molecule has 5 rings (SSSR count). The van der Waals surface area contributed by atoms with Gasteiger partial charge < -0.3 is 15.5 Å². The Kier molecular flexibility index (Phi) is 3.30. The Morgan fingerprint density at radius 3 is 2.65 bits per heavy atom. The molecule has 0 bridgehead atoms. The summed E-state index contributed by atoms with van der Waals surface area (Å²) in [5.41, 5.74) is 1.44. The van der Waals surface area contributed by atoms with E-state index in [1.54, 1.807) is 16.8 Å². The van der Waals surface area contributed by atoms with Gasteiger partial charge in [-0.2, -0.15) is 19.6 Å². The predicted octanol–water partition coefficient (Wildman–Crippen LogP) is 0.479. The van der Waals surface area contributed by atoms with Gasteiger partial charge in [-0.1, -0.05) is 0 Å². The molecule has 134 valence electrons. The van der Waals surface area contributed by atoms with Gasteiger partial charge in [0.1, 0.15) is 5.70 Å². The zero-order chi connectivity index (χ0) is 17.7. The van der Waals surface area contributed by atoms with Crippen LogP contribution in [-0.2, 0) is 4.79 Å². The Labute approximate surface area is 148 Å². The lowest BCUT2D eigenvalue weighted by molar-refractivity contribution is -0.115. The Hall–Kier alpha value is -3.17. The molecule has 3 fully saturated rings. The second-order valence-corrected chi connectivity index (χ2v) is 6.76. The smallest absolute Gasteiger partial charge is 0.326 e. The average Bonchev–Trinajstić information content (AvgIpc) is 3.01. The Bertz CT molecular complexity index is 939. The number of carbonyl (C=O) groups is 2. The van der Waals surface area contributed by atoms with E-state index in [-0.39, 0.29) is 5.70 Å². The van der Waals surface area contributed by atoms with Crippen molar-refractivity contribution in [2.45, 2.75) is 31.7 Å². The van der Waals surface area contributed by atoms with Crippen molar-refractivity contribution in [2.24, 2.45) is 0 Å². The van der Waals surface area contributed by atoms with Gasteiger partial charge in [-0.3, -0.25) is 10.1 Å². The molecule has 4 heterocycles. The minimum atomic E-state index is -0.527. The van der Waals surface area contributed by atoms with E-state index in [1.807, 2.05) is 0 Å². The summed E-state index contributed by atoms with van der Waals surface area (Å²) in [5.74, 6) is 0.863. The number of nitrogens with zero attached hydrogens (tertiary/aromatic N) is 5. The number of carbonyl (C=O) groups excluding carboxylic acids is 2. The molecule has 0 unspecified atom stereocenters. The highest BCUT2D eigenvalue weighted by molar-refractivity contribution is 6.14. The minimum Gasteiger partial charge on any atom is -0.351 e. The van der Waals surface area contributed by atoms with Crippen LogP contribution in [0.5, 0.6) is 0 Å². The van der Waals surface area contributed by atoms with E-state index >= 15 is 0 Å². The fourth-order valence-electron chi connectivity index (χ4n) is 3.19.